The Morgan fingerprint density at radius 2 is 1.02 bits per heavy atom. The van der Waals surface area contributed by atoms with Crippen LogP contribution in [0.15, 0.2) is 48.5 Å². The van der Waals surface area contributed by atoms with Crippen LogP contribution in [0.4, 0.5) is 21.2 Å². The molecule has 6 aromatic rings. The first-order chi connectivity index (χ1) is 28.3. The Labute approximate surface area is 340 Å². The Morgan fingerprint density at radius 3 is 1.43 bits per heavy atom. The average molecular weight is 789 g/mol. The number of nitrogens with two attached hydrogens (primary N) is 2. The van der Waals surface area contributed by atoms with E-state index in [2.05, 4.69) is 66.3 Å². The molecular weight excluding hydrogens is 729 g/mol. The summed E-state index contributed by atoms with van der Waals surface area (Å²) in [6.45, 7) is 7.15. The number of carbonyl (C=O) groups excluding carboxylic acids is 2. The van der Waals surface area contributed by atoms with Gasteiger partial charge in [0.25, 0.3) is 0 Å². The maximum absolute atomic E-state index is 12.8. The van der Waals surface area contributed by atoms with Gasteiger partial charge in [0, 0.05) is 61.9 Å². The van der Waals surface area contributed by atoms with Gasteiger partial charge < -0.3 is 41.9 Å². The van der Waals surface area contributed by atoms with E-state index in [9.17, 15) is 9.59 Å². The lowest BCUT2D eigenvalue weighted by molar-refractivity contribution is 0.221. The number of imidazole rings is 2. The molecule has 308 valence electrons. The van der Waals surface area contributed by atoms with Crippen molar-refractivity contribution in [3.05, 3.63) is 60.2 Å². The lowest BCUT2D eigenvalue weighted by atomic mass is 9.91. The van der Waals surface area contributed by atoms with Crippen molar-refractivity contribution in [2.45, 2.75) is 129 Å². The average Bonchev–Trinajstić information content (AvgIpc) is 3.79. The van der Waals surface area contributed by atoms with Gasteiger partial charge in [0.2, 0.25) is 0 Å². The third kappa shape index (κ3) is 9.37. The van der Waals surface area contributed by atoms with E-state index in [1.807, 2.05) is 36.4 Å². The van der Waals surface area contributed by atoms with E-state index in [-0.39, 0.29) is 24.1 Å². The van der Waals surface area contributed by atoms with Crippen LogP contribution >= 0.6 is 0 Å². The summed E-state index contributed by atoms with van der Waals surface area (Å²) in [5.41, 5.74) is 18.1. The number of amides is 4. The number of nitrogens with zero attached hydrogens (tertiary/aromatic N) is 6. The Bertz CT molecular complexity index is 2180. The first kappa shape index (κ1) is 40.5. The fraction of sp³-hybridized carbons (Fsp3) is 0.500. The lowest BCUT2D eigenvalue weighted by Crippen LogP contribution is -2.48. The zero-order valence-electron chi connectivity index (χ0n) is 34.2. The number of carbonyl (C=O) groups is 2. The summed E-state index contributed by atoms with van der Waals surface area (Å²) in [7, 11) is 0. The van der Waals surface area contributed by atoms with Gasteiger partial charge in [0.05, 0.1) is 22.1 Å². The topological polar surface area (TPSA) is 196 Å². The Balaban J connectivity index is 0.803. The van der Waals surface area contributed by atoms with Gasteiger partial charge in [0.1, 0.15) is 22.7 Å². The van der Waals surface area contributed by atoms with Crippen molar-refractivity contribution in [3.8, 4) is 0 Å². The third-order valence-corrected chi connectivity index (χ3v) is 11.5. The minimum Gasteiger partial charge on any atom is -0.382 e. The summed E-state index contributed by atoms with van der Waals surface area (Å²) in [6.07, 6.45) is 12.9. The van der Waals surface area contributed by atoms with Crippen LogP contribution in [0.5, 0.6) is 0 Å². The molecule has 0 radical (unpaired) electrons. The van der Waals surface area contributed by atoms with Crippen LogP contribution in [-0.2, 0) is 25.9 Å². The highest BCUT2D eigenvalue weighted by atomic mass is 16.2. The van der Waals surface area contributed by atoms with Gasteiger partial charge in [-0.05, 0) is 76.3 Å². The van der Waals surface area contributed by atoms with E-state index < -0.39 is 0 Å². The largest absolute Gasteiger partial charge is 0.382 e. The predicted molar refractivity (Wildman–Crippen MR) is 234 cm³/mol. The number of hydrogen-bond donors (Lipinski definition) is 6. The molecule has 58 heavy (non-hydrogen) atoms. The van der Waals surface area contributed by atoms with Gasteiger partial charge in [-0.2, -0.15) is 0 Å². The van der Waals surface area contributed by atoms with E-state index in [0.29, 0.717) is 24.7 Å². The van der Waals surface area contributed by atoms with Crippen molar-refractivity contribution >= 4 is 67.6 Å². The number of urea groups is 2. The molecule has 0 atom stereocenters. The summed E-state index contributed by atoms with van der Waals surface area (Å²) >= 11 is 0. The summed E-state index contributed by atoms with van der Waals surface area (Å²) in [5.74, 6) is 3.02. The van der Waals surface area contributed by atoms with E-state index in [1.165, 1.54) is 0 Å². The number of nitrogens with one attached hydrogen (secondary N) is 4. The van der Waals surface area contributed by atoms with Gasteiger partial charge in [-0.15, -0.1) is 0 Å². The second kappa shape index (κ2) is 19.2. The normalized spacial score (nSPS) is 15.7. The van der Waals surface area contributed by atoms with Crippen molar-refractivity contribution < 1.29 is 9.59 Å². The maximum atomic E-state index is 12.8. The number of rotatable bonds is 18. The van der Waals surface area contributed by atoms with Crippen molar-refractivity contribution in [2.75, 3.05) is 24.6 Å². The van der Waals surface area contributed by atoms with Crippen LogP contribution in [-0.4, -0.2) is 66.3 Å². The first-order valence-electron chi connectivity index (χ1n) is 21.5. The minimum atomic E-state index is -0.134. The van der Waals surface area contributed by atoms with Gasteiger partial charge >= 0.3 is 12.1 Å². The third-order valence-electron chi connectivity index (χ3n) is 11.5. The van der Waals surface area contributed by atoms with Crippen molar-refractivity contribution in [1.29, 1.82) is 0 Å². The number of aryl methyl sites for hydroxylation is 4. The summed E-state index contributed by atoms with van der Waals surface area (Å²) in [6, 6.07) is 16.1. The number of anilines is 2. The number of hydrogen-bond acceptors (Lipinski definition) is 8. The molecule has 4 aromatic heterocycles. The second-order valence-electron chi connectivity index (χ2n) is 15.8. The molecule has 7 rings (SSSR count). The molecule has 1 fully saturated rings. The molecule has 14 heteroatoms. The molecule has 0 bridgehead atoms. The van der Waals surface area contributed by atoms with E-state index in [4.69, 9.17) is 21.4 Å². The Hall–Kier alpha value is -5.66. The monoisotopic (exact) mass is 788 g/mol. The molecule has 4 heterocycles. The highest BCUT2D eigenvalue weighted by molar-refractivity contribution is 6.07. The smallest absolute Gasteiger partial charge is 0.315 e. The van der Waals surface area contributed by atoms with Crippen LogP contribution in [0.3, 0.4) is 0 Å². The predicted octanol–water partition coefficient (Wildman–Crippen LogP) is 7.50. The molecule has 0 saturated heterocycles. The minimum absolute atomic E-state index is 0.0941. The molecule has 1 aliphatic rings. The SMILES string of the molecule is CCCCc1nc2c(N)nc3ccccc3c2n1CCCCNC(=O)NC1CCC(NC(=O)NCCCCn2c(CCCC)nc3c(N)nc4ccccc4c32)CC1. The summed E-state index contributed by atoms with van der Waals surface area (Å²) in [4.78, 5) is 44.6. The van der Waals surface area contributed by atoms with Crippen LogP contribution in [0.25, 0.3) is 43.9 Å². The Kier molecular flexibility index (Phi) is 13.4. The summed E-state index contributed by atoms with van der Waals surface area (Å²) in [5, 5.41) is 14.5. The second-order valence-corrected chi connectivity index (χ2v) is 15.8. The molecule has 1 saturated carbocycles. The van der Waals surface area contributed by atoms with Crippen LogP contribution in [0, 0.1) is 0 Å². The summed E-state index contributed by atoms with van der Waals surface area (Å²) < 4.78 is 4.62. The molecule has 0 unspecified atom stereocenters. The molecule has 2 aromatic carbocycles. The highest BCUT2D eigenvalue weighted by Crippen LogP contribution is 2.31. The maximum Gasteiger partial charge on any atom is 0.315 e. The Morgan fingerprint density at radius 1 is 0.603 bits per heavy atom. The molecule has 0 spiro atoms. The van der Waals surface area contributed by atoms with Gasteiger partial charge in [-0.3, -0.25) is 0 Å². The van der Waals surface area contributed by atoms with Gasteiger partial charge in [-0.25, -0.2) is 29.5 Å². The first-order valence-corrected chi connectivity index (χ1v) is 21.5. The fourth-order valence-corrected chi connectivity index (χ4v) is 8.39. The van der Waals surface area contributed by atoms with Crippen LogP contribution in [0.1, 0.15) is 103 Å². The van der Waals surface area contributed by atoms with Gasteiger partial charge in [0.15, 0.2) is 11.6 Å². The zero-order chi connectivity index (χ0) is 40.4. The quantitative estimate of drug-likeness (QED) is 0.0482. The molecule has 14 nitrogen and oxygen atoms in total. The van der Waals surface area contributed by atoms with Crippen LogP contribution in [0.2, 0.25) is 0 Å². The zero-order valence-corrected chi connectivity index (χ0v) is 34.2. The van der Waals surface area contributed by atoms with E-state index in [0.717, 1.165) is 159 Å². The van der Waals surface area contributed by atoms with E-state index >= 15 is 0 Å². The highest BCUT2D eigenvalue weighted by Gasteiger charge is 2.24. The van der Waals surface area contributed by atoms with Crippen LogP contribution < -0.4 is 32.7 Å². The number of nitrogen functional groups attached to an aromatic ring is 2. The number of unbranched alkanes of at least 4 members (excludes halogenated alkanes) is 4. The standard InChI is InChI=1S/C44H60N12O2/c1-3-5-19-35-53-37-39(31-15-7-9-17-33(31)51-41(37)45)55(35)27-13-11-25-47-43(57)49-29-21-23-30(24-22-29)50-44(58)48-26-12-14-28-56-36(20-6-4-2)54-38-40(56)32-16-8-10-18-34(32)52-42(38)46/h7-10,15-18,29-30H,3-6,11-14,19-28H2,1-2H3,(H2,45,51)(H2,46,52)(H2,47,49,57)(H2,48,50,58). The molecular formula is C44H60N12O2. The van der Waals surface area contributed by atoms with Crippen molar-refractivity contribution in [3.63, 3.8) is 0 Å². The fourth-order valence-electron chi connectivity index (χ4n) is 8.39. The molecule has 0 aliphatic heterocycles. The molecule has 1 aliphatic carbocycles. The number of fused-ring (bicyclic) bond motifs is 6. The lowest BCUT2D eigenvalue weighted by Gasteiger charge is -2.29. The van der Waals surface area contributed by atoms with Gasteiger partial charge in [-0.1, -0.05) is 63.1 Å². The number of aromatic nitrogens is 6. The number of pyridine rings is 2. The van der Waals surface area contributed by atoms with E-state index in [1.54, 1.807) is 0 Å². The van der Waals surface area contributed by atoms with Crippen molar-refractivity contribution in [1.82, 2.24) is 50.3 Å². The number of benzene rings is 2. The number of para-hydroxylation sites is 2. The molecule has 4 amide bonds. The molecule has 8 N–H and O–H groups in total. The van der Waals surface area contributed by atoms with Crippen molar-refractivity contribution in [2.24, 2.45) is 0 Å².